The van der Waals surface area contributed by atoms with E-state index in [2.05, 4.69) is 0 Å². The van der Waals surface area contributed by atoms with E-state index in [-0.39, 0.29) is 12.5 Å². The zero-order chi connectivity index (χ0) is 16.8. The fraction of sp³-hybridized carbons (Fsp3) is 0.529. The molecule has 1 saturated heterocycles. The van der Waals surface area contributed by atoms with Gasteiger partial charge in [0, 0.05) is 19.5 Å². The number of rotatable bonds is 6. The van der Waals surface area contributed by atoms with Crippen LogP contribution >= 0.6 is 0 Å². The van der Waals surface area contributed by atoms with Gasteiger partial charge in [0.1, 0.15) is 11.7 Å². The molecule has 126 valence electrons. The predicted octanol–water partition coefficient (Wildman–Crippen LogP) is 1.31. The fourth-order valence-corrected chi connectivity index (χ4v) is 2.80. The molecule has 1 aromatic carbocycles. The Labute approximate surface area is 135 Å². The second kappa shape index (κ2) is 7.97. The molecule has 1 aliphatic rings. The largest absolute Gasteiger partial charge is 0.497 e. The standard InChI is InChI=1S/C17H23NO5/c1-23-13-7-5-12(6-8-13)3-2-4-16(20)18-10-9-15(19)14(11-18)17(21)22/h5-8,14-15,19H,2-4,9-11H2,1H3,(H,21,22)/t14-,15-/m1/s1. The molecular formula is C17H23NO5. The Kier molecular flexibility index (Phi) is 5.98. The Morgan fingerprint density at radius 1 is 1.30 bits per heavy atom. The van der Waals surface area contributed by atoms with E-state index >= 15 is 0 Å². The number of ether oxygens (including phenoxy) is 1. The Morgan fingerprint density at radius 3 is 2.61 bits per heavy atom. The lowest BCUT2D eigenvalue weighted by molar-refractivity contribution is -0.151. The lowest BCUT2D eigenvalue weighted by atomic mass is 9.94. The molecule has 2 N–H and O–H groups in total. The topological polar surface area (TPSA) is 87.1 Å². The average molecular weight is 321 g/mol. The smallest absolute Gasteiger partial charge is 0.310 e. The normalized spacial score (nSPS) is 21.0. The number of carbonyl (C=O) groups is 2. The maximum absolute atomic E-state index is 12.2. The van der Waals surface area contributed by atoms with Crippen LogP contribution in [0.3, 0.4) is 0 Å². The molecule has 2 atom stereocenters. The summed E-state index contributed by atoms with van der Waals surface area (Å²) in [7, 11) is 1.62. The number of aliphatic carboxylic acids is 1. The van der Waals surface area contributed by atoms with Crippen LogP contribution in [0.25, 0.3) is 0 Å². The van der Waals surface area contributed by atoms with Gasteiger partial charge in [-0.15, -0.1) is 0 Å². The number of carbonyl (C=O) groups excluding carboxylic acids is 1. The van der Waals surface area contributed by atoms with Crippen LogP contribution in [0.4, 0.5) is 0 Å². The number of benzene rings is 1. The molecule has 23 heavy (non-hydrogen) atoms. The quantitative estimate of drug-likeness (QED) is 0.825. The van der Waals surface area contributed by atoms with Crippen LogP contribution in [-0.2, 0) is 16.0 Å². The summed E-state index contributed by atoms with van der Waals surface area (Å²) in [5.74, 6) is -1.17. The number of aliphatic hydroxyl groups excluding tert-OH is 1. The second-order valence-corrected chi connectivity index (χ2v) is 5.84. The van der Waals surface area contributed by atoms with E-state index in [0.29, 0.717) is 25.8 Å². The third-order valence-corrected chi connectivity index (χ3v) is 4.26. The molecule has 0 saturated carbocycles. The van der Waals surface area contributed by atoms with Gasteiger partial charge in [0.05, 0.1) is 13.2 Å². The number of piperidine rings is 1. The molecule has 6 heteroatoms. The number of likely N-dealkylation sites (tertiary alicyclic amines) is 1. The highest BCUT2D eigenvalue weighted by molar-refractivity contribution is 5.78. The van der Waals surface area contributed by atoms with Gasteiger partial charge in [0.2, 0.25) is 5.91 Å². The second-order valence-electron chi connectivity index (χ2n) is 5.84. The van der Waals surface area contributed by atoms with Crippen LogP contribution < -0.4 is 4.74 Å². The molecule has 0 spiro atoms. The molecule has 0 aromatic heterocycles. The van der Waals surface area contributed by atoms with E-state index in [0.717, 1.165) is 17.7 Å². The summed E-state index contributed by atoms with van der Waals surface area (Å²) in [4.78, 5) is 24.8. The van der Waals surface area contributed by atoms with Gasteiger partial charge in [0.25, 0.3) is 0 Å². The Hall–Kier alpha value is -2.08. The third-order valence-electron chi connectivity index (χ3n) is 4.26. The lowest BCUT2D eigenvalue weighted by Gasteiger charge is -2.34. The highest BCUT2D eigenvalue weighted by Gasteiger charge is 2.34. The molecule has 0 radical (unpaired) electrons. The summed E-state index contributed by atoms with van der Waals surface area (Å²) in [6.45, 7) is 0.518. The molecule has 0 aliphatic carbocycles. The van der Waals surface area contributed by atoms with Gasteiger partial charge in [-0.3, -0.25) is 9.59 Å². The summed E-state index contributed by atoms with van der Waals surface area (Å²) < 4.78 is 5.10. The number of carboxylic acids is 1. The number of nitrogens with zero attached hydrogens (tertiary/aromatic N) is 1. The SMILES string of the molecule is COc1ccc(CCCC(=O)N2CC[C@@H](O)[C@H](C(=O)O)C2)cc1. The Balaban J connectivity index is 1.79. The molecule has 0 unspecified atom stereocenters. The van der Waals surface area contributed by atoms with Gasteiger partial charge in [-0.25, -0.2) is 0 Å². The molecule has 1 amide bonds. The minimum absolute atomic E-state index is 0.0448. The summed E-state index contributed by atoms with van der Waals surface area (Å²) in [5.41, 5.74) is 1.14. The van der Waals surface area contributed by atoms with Gasteiger partial charge in [-0.1, -0.05) is 12.1 Å². The zero-order valence-electron chi connectivity index (χ0n) is 13.3. The summed E-state index contributed by atoms with van der Waals surface area (Å²) in [6.07, 6.45) is 1.34. The molecule has 1 fully saturated rings. The maximum Gasteiger partial charge on any atom is 0.310 e. The van der Waals surface area contributed by atoms with E-state index < -0.39 is 18.0 Å². The van der Waals surface area contributed by atoms with Crippen LogP contribution in [0.1, 0.15) is 24.8 Å². The zero-order valence-corrected chi connectivity index (χ0v) is 13.3. The van der Waals surface area contributed by atoms with E-state index in [9.17, 15) is 14.7 Å². The fourth-order valence-electron chi connectivity index (χ4n) is 2.80. The first-order chi connectivity index (χ1) is 11.0. The van der Waals surface area contributed by atoms with Crippen LogP contribution in [-0.4, -0.2) is 53.3 Å². The number of hydrogen-bond donors (Lipinski definition) is 2. The number of amides is 1. The first kappa shape index (κ1) is 17.3. The van der Waals surface area contributed by atoms with Crippen LogP contribution in [0.2, 0.25) is 0 Å². The van der Waals surface area contributed by atoms with E-state index in [4.69, 9.17) is 9.84 Å². The number of hydrogen-bond acceptors (Lipinski definition) is 4. The average Bonchev–Trinajstić information content (AvgIpc) is 2.55. The highest BCUT2D eigenvalue weighted by atomic mass is 16.5. The van der Waals surface area contributed by atoms with Crippen molar-refractivity contribution in [1.82, 2.24) is 4.90 Å². The first-order valence-electron chi connectivity index (χ1n) is 7.83. The maximum atomic E-state index is 12.2. The van der Waals surface area contributed by atoms with Gasteiger partial charge >= 0.3 is 5.97 Å². The van der Waals surface area contributed by atoms with Crippen molar-refractivity contribution in [3.8, 4) is 5.75 Å². The van der Waals surface area contributed by atoms with Crippen LogP contribution in [0, 0.1) is 5.92 Å². The minimum atomic E-state index is -1.05. The van der Waals surface area contributed by atoms with Gasteiger partial charge in [-0.05, 0) is 37.0 Å². The first-order valence-corrected chi connectivity index (χ1v) is 7.83. The van der Waals surface area contributed by atoms with Crippen molar-refractivity contribution in [3.05, 3.63) is 29.8 Å². The van der Waals surface area contributed by atoms with E-state index in [1.807, 2.05) is 24.3 Å². The number of methoxy groups -OCH3 is 1. The predicted molar refractivity (Wildman–Crippen MR) is 84.3 cm³/mol. The van der Waals surface area contributed by atoms with Gasteiger partial charge in [-0.2, -0.15) is 0 Å². The van der Waals surface area contributed by atoms with Crippen molar-refractivity contribution in [2.45, 2.75) is 31.8 Å². The number of carboxylic acid groups (broad SMARTS) is 1. The number of aliphatic hydroxyl groups is 1. The van der Waals surface area contributed by atoms with Crippen molar-refractivity contribution in [2.75, 3.05) is 20.2 Å². The third kappa shape index (κ3) is 4.69. The molecule has 2 rings (SSSR count). The Morgan fingerprint density at radius 2 is 2.00 bits per heavy atom. The van der Waals surface area contributed by atoms with Crippen molar-refractivity contribution in [2.24, 2.45) is 5.92 Å². The van der Waals surface area contributed by atoms with E-state index in [1.54, 1.807) is 12.0 Å². The summed E-state index contributed by atoms with van der Waals surface area (Å²) >= 11 is 0. The molecule has 0 bridgehead atoms. The van der Waals surface area contributed by atoms with Crippen molar-refractivity contribution in [3.63, 3.8) is 0 Å². The van der Waals surface area contributed by atoms with E-state index in [1.165, 1.54) is 0 Å². The molecule has 1 heterocycles. The van der Waals surface area contributed by atoms with Crippen molar-refractivity contribution < 1.29 is 24.5 Å². The van der Waals surface area contributed by atoms with Gasteiger partial charge in [0.15, 0.2) is 0 Å². The molecule has 6 nitrogen and oxygen atoms in total. The van der Waals surface area contributed by atoms with Crippen molar-refractivity contribution >= 4 is 11.9 Å². The number of aryl methyl sites for hydroxylation is 1. The van der Waals surface area contributed by atoms with Crippen molar-refractivity contribution in [1.29, 1.82) is 0 Å². The lowest BCUT2D eigenvalue weighted by Crippen LogP contribution is -2.48. The summed E-state index contributed by atoms with van der Waals surface area (Å²) in [5, 5.41) is 18.7. The van der Waals surface area contributed by atoms with Gasteiger partial charge < -0.3 is 19.8 Å². The van der Waals surface area contributed by atoms with Crippen LogP contribution in [0.5, 0.6) is 5.75 Å². The van der Waals surface area contributed by atoms with Crippen LogP contribution in [0.15, 0.2) is 24.3 Å². The summed E-state index contributed by atoms with van der Waals surface area (Å²) in [6, 6.07) is 7.73. The molecular weight excluding hydrogens is 298 g/mol. The molecule has 1 aromatic rings. The highest BCUT2D eigenvalue weighted by Crippen LogP contribution is 2.19. The Bertz CT molecular complexity index is 542. The minimum Gasteiger partial charge on any atom is -0.497 e. The molecule has 1 aliphatic heterocycles. The monoisotopic (exact) mass is 321 g/mol.